The molecule has 1 aliphatic heterocycles. The summed E-state index contributed by atoms with van der Waals surface area (Å²) in [6, 6.07) is 1.61. The van der Waals surface area contributed by atoms with E-state index in [4.69, 9.17) is 5.11 Å². The lowest BCUT2D eigenvalue weighted by molar-refractivity contribution is -0.132. The van der Waals surface area contributed by atoms with E-state index in [2.05, 4.69) is 5.10 Å². The molecule has 16 heavy (non-hydrogen) atoms. The molecule has 1 aromatic heterocycles. The number of aromatic nitrogens is 2. The van der Waals surface area contributed by atoms with Gasteiger partial charge < -0.3 is 10.0 Å². The Morgan fingerprint density at radius 1 is 1.50 bits per heavy atom. The van der Waals surface area contributed by atoms with Crippen molar-refractivity contribution in [2.24, 2.45) is 7.05 Å². The third kappa shape index (κ3) is 1.81. The zero-order chi connectivity index (χ0) is 11.7. The van der Waals surface area contributed by atoms with Crippen molar-refractivity contribution < 1.29 is 14.7 Å². The highest BCUT2D eigenvalue weighted by molar-refractivity contribution is 5.95. The molecule has 6 heteroatoms. The summed E-state index contributed by atoms with van der Waals surface area (Å²) in [7, 11) is 1.72. The van der Waals surface area contributed by atoms with E-state index in [0.29, 0.717) is 12.2 Å². The number of carboxylic acid groups (broad SMARTS) is 1. The first-order chi connectivity index (χ1) is 7.58. The number of carboxylic acids is 1. The molecule has 1 aromatic rings. The average Bonchev–Trinajstić information content (AvgIpc) is 2.84. The highest BCUT2D eigenvalue weighted by Crippen LogP contribution is 2.12. The number of hydrogen-bond acceptors (Lipinski definition) is 3. The summed E-state index contributed by atoms with van der Waals surface area (Å²) in [5.74, 6) is -1.22. The minimum Gasteiger partial charge on any atom is -0.478 e. The van der Waals surface area contributed by atoms with Crippen molar-refractivity contribution in [3.8, 4) is 0 Å². The monoisotopic (exact) mass is 221 g/mol. The Morgan fingerprint density at radius 2 is 2.25 bits per heavy atom. The van der Waals surface area contributed by atoms with Crippen LogP contribution in [0, 0.1) is 0 Å². The Bertz CT molecular complexity index is 475. The van der Waals surface area contributed by atoms with Crippen molar-refractivity contribution in [2.45, 2.75) is 0 Å². The first-order valence-electron chi connectivity index (χ1n) is 4.79. The Labute approximate surface area is 91.8 Å². The SMILES string of the molecule is Cn1ccc(C(=O)N2CC=C(C(=O)O)C2)n1. The standard InChI is InChI=1S/C10H11N3O3/c1-12-4-3-8(11-12)9(14)13-5-2-7(6-13)10(15)16/h2-4H,5-6H2,1H3,(H,15,16). The van der Waals surface area contributed by atoms with Crippen LogP contribution in [-0.2, 0) is 11.8 Å². The van der Waals surface area contributed by atoms with E-state index in [1.54, 1.807) is 25.4 Å². The van der Waals surface area contributed by atoms with E-state index < -0.39 is 5.97 Å². The smallest absolute Gasteiger partial charge is 0.333 e. The molecule has 2 heterocycles. The van der Waals surface area contributed by atoms with Crippen LogP contribution in [0.1, 0.15) is 10.5 Å². The molecular weight excluding hydrogens is 210 g/mol. The maximum atomic E-state index is 11.9. The molecule has 0 unspecified atom stereocenters. The lowest BCUT2D eigenvalue weighted by Gasteiger charge is -2.13. The summed E-state index contributed by atoms with van der Waals surface area (Å²) in [6.45, 7) is 0.474. The second kappa shape index (κ2) is 3.80. The molecule has 0 fully saturated rings. The minimum absolute atomic E-state index is 0.144. The number of carbonyl (C=O) groups is 2. The lowest BCUT2D eigenvalue weighted by Crippen LogP contribution is -2.30. The molecule has 0 saturated carbocycles. The lowest BCUT2D eigenvalue weighted by atomic mass is 10.3. The molecule has 0 spiro atoms. The van der Waals surface area contributed by atoms with Crippen molar-refractivity contribution in [1.29, 1.82) is 0 Å². The van der Waals surface area contributed by atoms with Gasteiger partial charge in [0.05, 0.1) is 12.1 Å². The van der Waals surface area contributed by atoms with Crippen molar-refractivity contribution in [2.75, 3.05) is 13.1 Å². The van der Waals surface area contributed by atoms with Gasteiger partial charge in [0.1, 0.15) is 5.69 Å². The molecule has 84 valence electrons. The van der Waals surface area contributed by atoms with Crippen LogP contribution >= 0.6 is 0 Å². The maximum Gasteiger partial charge on any atom is 0.333 e. The third-order valence-electron chi connectivity index (χ3n) is 2.41. The van der Waals surface area contributed by atoms with Gasteiger partial charge in [-0.3, -0.25) is 9.48 Å². The van der Waals surface area contributed by atoms with Crippen molar-refractivity contribution in [1.82, 2.24) is 14.7 Å². The molecule has 0 aliphatic carbocycles. The van der Waals surface area contributed by atoms with Gasteiger partial charge in [0, 0.05) is 19.8 Å². The van der Waals surface area contributed by atoms with Crippen molar-refractivity contribution in [3.63, 3.8) is 0 Å². The highest BCUT2D eigenvalue weighted by Gasteiger charge is 2.25. The highest BCUT2D eigenvalue weighted by atomic mass is 16.4. The third-order valence-corrected chi connectivity index (χ3v) is 2.41. The Balaban J connectivity index is 2.07. The molecule has 1 aliphatic rings. The minimum atomic E-state index is -0.976. The van der Waals surface area contributed by atoms with Gasteiger partial charge in [0.25, 0.3) is 5.91 Å². The van der Waals surface area contributed by atoms with Gasteiger partial charge in [-0.15, -0.1) is 0 Å². The molecule has 2 rings (SSSR count). The van der Waals surface area contributed by atoms with Crippen LogP contribution in [0.15, 0.2) is 23.9 Å². The van der Waals surface area contributed by atoms with E-state index in [1.165, 1.54) is 9.58 Å². The number of carbonyl (C=O) groups excluding carboxylic acids is 1. The predicted molar refractivity (Wildman–Crippen MR) is 54.8 cm³/mol. The van der Waals surface area contributed by atoms with Gasteiger partial charge >= 0.3 is 5.97 Å². The normalized spacial score (nSPS) is 15.1. The number of aryl methyl sites for hydroxylation is 1. The van der Waals surface area contributed by atoms with E-state index in [9.17, 15) is 9.59 Å². The second-order valence-corrected chi connectivity index (χ2v) is 3.59. The second-order valence-electron chi connectivity index (χ2n) is 3.59. The number of amides is 1. The Hall–Kier alpha value is -2.11. The molecule has 0 atom stereocenters. The summed E-state index contributed by atoms with van der Waals surface area (Å²) < 4.78 is 1.54. The van der Waals surface area contributed by atoms with Crippen molar-refractivity contribution in [3.05, 3.63) is 29.6 Å². The van der Waals surface area contributed by atoms with Crippen molar-refractivity contribution >= 4 is 11.9 Å². The van der Waals surface area contributed by atoms with E-state index >= 15 is 0 Å². The average molecular weight is 221 g/mol. The van der Waals surface area contributed by atoms with E-state index in [1.807, 2.05) is 0 Å². The largest absolute Gasteiger partial charge is 0.478 e. The number of hydrogen-bond donors (Lipinski definition) is 1. The van der Waals surface area contributed by atoms with Crippen LogP contribution in [0.2, 0.25) is 0 Å². The quantitative estimate of drug-likeness (QED) is 0.755. The molecule has 1 N–H and O–H groups in total. The van der Waals surface area contributed by atoms with Crippen LogP contribution in [0.3, 0.4) is 0 Å². The summed E-state index contributed by atoms with van der Waals surface area (Å²) in [6.07, 6.45) is 3.22. The maximum absolute atomic E-state index is 11.9. The van der Waals surface area contributed by atoms with Crippen LogP contribution < -0.4 is 0 Å². The molecule has 0 bridgehead atoms. The first kappa shape index (κ1) is 10.4. The van der Waals surface area contributed by atoms with Crippen LogP contribution in [0.5, 0.6) is 0 Å². The van der Waals surface area contributed by atoms with Crippen LogP contribution in [0.25, 0.3) is 0 Å². The topological polar surface area (TPSA) is 75.4 Å². The van der Waals surface area contributed by atoms with Gasteiger partial charge in [-0.25, -0.2) is 4.79 Å². The van der Waals surface area contributed by atoms with Crippen LogP contribution in [0.4, 0.5) is 0 Å². The number of nitrogens with zero attached hydrogens (tertiary/aromatic N) is 3. The fourth-order valence-electron chi connectivity index (χ4n) is 1.56. The summed E-state index contributed by atoms with van der Waals surface area (Å²) in [5.41, 5.74) is 0.590. The zero-order valence-corrected chi connectivity index (χ0v) is 8.75. The molecule has 0 aromatic carbocycles. The van der Waals surface area contributed by atoms with Gasteiger partial charge in [-0.2, -0.15) is 5.10 Å². The van der Waals surface area contributed by atoms with E-state index in [-0.39, 0.29) is 18.0 Å². The van der Waals surface area contributed by atoms with Crippen LogP contribution in [-0.4, -0.2) is 44.8 Å². The summed E-state index contributed by atoms with van der Waals surface area (Å²) in [5, 5.41) is 12.7. The number of aliphatic carboxylic acids is 1. The summed E-state index contributed by atoms with van der Waals surface area (Å²) >= 11 is 0. The summed E-state index contributed by atoms with van der Waals surface area (Å²) in [4.78, 5) is 24.0. The zero-order valence-electron chi connectivity index (χ0n) is 8.75. The molecular formula is C10H11N3O3. The molecule has 6 nitrogen and oxygen atoms in total. The fraction of sp³-hybridized carbons (Fsp3) is 0.300. The van der Waals surface area contributed by atoms with Gasteiger partial charge in [0.15, 0.2) is 0 Å². The first-order valence-corrected chi connectivity index (χ1v) is 4.79. The molecule has 1 amide bonds. The predicted octanol–water partition coefficient (Wildman–Crippen LogP) is -0.113. The number of rotatable bonds is 2. The van der Waals surface area contributed by atoms with E-state index in [0.717, 1.165) is 0 Å². The fourth-order valence-corrected chi connectivity index (χ4v) is 1.56. The van der Waals surface area contributed by atoms with Gasteiger partial charge in [0.2, 0.25) is 0 Å². The van der Waals surface area contributed by atoms with Gasteiger partial charge in [-0.05, 0) is 6.07 Å². The Morgan fingerprint density at radius 3 is 2.75 bits per heavy atom. The molecule has 0 saturated heterocycles. The van der Waals surface area contributed by atoms with Gasteiger partial charge in [-0.1, -0.05) is 6.08 Å². The molecule has 0 radical (unpaired) electrons. The Kier molecular flexibility index (Phi) is 2.47.